The minimum Gasteiger partial charge on any atom is -0.492 e. The van der Waals surface area contributed by atoms with Crippen LogP contribution in [0.25, 0.3) is 11.1 Å². The van der Waals surface area contributed by atoms with Crippen molar-refractivity contribution in [1.29, 1.82) is 0 Å². The number of hydrogen-bond acceptors (Lipinski definition) is 5. The number of hydrogen-bond donors (Lipinski definition) is 2. The second kappa shape index (κ2) is 11.4. The number of aliphatic hydroxyl groups is 1. The zero-order chi connectivity index (χ0) is 29.4. The van der Waals surface area contributed by atoms with Crippen molar-refractivity contribution in [2.45, 2.75) is 90.4 Å². The molecule has 1 aliphatic heterocycles. The third-order valence-electron chi connectivity index (χ3n) is 8.84. The van der Waals surface area contributed by atoms with Crippen LogP contribution in [-0.4, -0.2) is 34.0 Å². The fourth-order valence-corrected chi connectivity index (χ4v) is 6.47. The third-order valence-corrected chi connectivity index (χ3v) is 8.84. The average molecular weight is 559 g/mol. The molecule has 1 unspecified atom stereocenters. The van der Waals surface area contributed by atoms with E-state index in [1.54, 1.807) is 0 Å². The van der Waals surface area contributed by atoms with Crippen molar-refractivity contribution in [3.63, 3.8) is 0 Å². The number of ether oxygens (including phenoxy) is 3. The van der Waals surface area contributed by atoms with Gasteiger partial charge in [0.25, 0.3) is 0 Å². The second-order valence-electron chi connectivity index (χ2n) is 12.7. The van der Waals surface area contributed by atoms with Crippen LogP contribution in [0.4, 0.5) is 0 Å². The molecule has 3 aromatic carbocycles. The predicted octanol–water partition coefficient (Wildman–Crippen LogP) is 7.60. The normalized spacial score (nSPS) is 22.1. The molecule has 1 heterocycles. The van der Waals surface area contributed by atoms with Crippen molar-refractivity contribution in [1.82, 2.24) is 0 Å². The van der Waals surface area contributed by atoms with Gasteiger partial charge in [-0.1, -0.05) is 24.3 Å². The van der Waals surface area contributed by atoms with E-state index in [1.165, 1.54) is 5.56 Å². The van der Waals surface area contributed by atoms with E-state index >= 15 is 0 Å². The van der Waals surface area contributed by atoms with Crippen molar-refractivity contribution >= 4 is 5.97 Å². The standard InChI is InChI=1S/C35H42O6/c1-22-15-29(41-34(3,4)27-11-13-35(5,38)14-12-27)16-23(2)33(22)25-8-6-7-24(17-25)20-39-28-9-10-30-26(18-32(36)37)21-40-31(30)19-28/h6-10,15-17,19,26-27,38H,11-14,18,20-21H2,1-5H3,(H,36,37). The SMILES string of the molecule is Cc1cc(OC(C)(C)C2CCC(C)(O)CC2)cc(C)c1-c1cccc(COc2ccc3c(c2)OCC3CC(=O)O)c1. The van der Waals surface area contributed by atoms with Gasteiger partial charge in [0.05, 0.1) is 18.6 Å². The Bertz CT molecular complexity index is 1390. The Kier molecular flexibility index (Phi) is 8.06. The molecule has 6 nitrogen and oxygen atoms in total. The number of carbonyl (C=O) groups is 1. The van der Waals surface area contributed by atoms with Crippen LogP contribution in [0.1, 0.15) is 81.0 Å². The highest BCUT2D eigenvalue weighted by Crippen LogP contribution is 2.41. The second-order valence-corrected chi connectivity index (χ2v) is 12.7. The predicted molar refractivity (Wildman–Crippen MR) is 160 cm³/mol. The third kappa shape index (κ3) is 6.70. The first-order chi connectivity index (χ1) is 19.4. The number of carboxylic acid groups (broad SMARTS) is 1. The Labute approximate surface area is 243 Å². The van der Waals surface area contributed by atoms with E-state index in [1.807, 2.05) is 25.1 Å². The molecule has 1 aliphatic carbocycles. The van der Waals surface area contributed by atoms with E-state index in [0.717, 1.165) is 59.3 Å². The lowest BCUT2D eigenvalue weighted by atomic mass is 9.73. The Morgan fingerprint density at radius 2 is 1.73 bits per heavy atom. The summed E-state index contributed by atoms with van der Waals surface area (Å²) in [7, 11) is 0. The number of aryl methyl sites for hydroxylation is 2. The molecule has 1 saturated carbocycles. The van der Waals surface area contributed by atoms with Gasteiger partial charge in [-0.25, -0.2) is 0 Å². The van der Waals surface area contributed by atoms with E-state index in [-0.39, 0.29) is 17.9 Å². The Hall–Kier alpha value is -3.51. The fourth-order valence-electron chi connectivity index (χ4n) is 6.47. The average Bonchev–Trinajstić information content (AvgIpc) is 3.28. The van der Waals surface area contributed by atoms with Crippen LogP contribution >= 0.6 is 0 Å². The molecular formula is C35H42O6. The summed E-state index contributed by atoms with van der Waals surface area (Å²) < 4.78 is 18.4. The van der Waals surface area contributed by atoms with E-state index in [9.17, 15) is 9.90 Å². The number of aliphatic carboxylic acids is 1. The number of rotatable bonds is 9. The van der Waals surface area contributed by atoms with Gasteiger partial charge < -0.3 is 24.4 Å². The first-order valence-electron chi connectivity index (χ1n) is 14.6. The van der Waals surface area contributed by atoms with Crippen LogP contribution in [0.2, 0.25) is 0 Å². The highest BCUT2D eigenvalue weighted by Gasteiger charge is 2.38. The molecule has 0 radical (unpaired) electrons. The first-order valence-corrected chi connectivity index (χ1v) is 14.6. The number of carboxylic acids is 1. The van der Waals surface area contributed by atoms with E-state index in [4.69, 9.17) is 19.3 Å². The maximum atomic E-state index is 11.1. The summed E-state index contributed by atoms with van der Waals surface area (Å²) >= 11 is 0. The van der Waals surface area contributed by atoms with Gasteiger partial charge in [-0.2, -0.15) is 0 Å². The molecule has 0 amide bonds. The van der Waals surface area contributed by atoms with Gasteiger partial charge in [0, 0.05) is 17.5 Å². The Balaban J connectivity index is 1.26. The summed E-state index contributed by atoms with van der Waals surface area (Å²) in [4.78, 5) is 11.1. The van der Waals surface area contributed by atoms with E-state index < -0.39 is 11.6 Å². The Morgan fingerprint density at radius 3 is 2.41 bits per heavy atom. The smallest absolute Gasteiger partial charge is 0.304 e. The minimum atomic E-state index is -0.821. The van der Waals surface area contributed by atoms with Crippen molar-refractivity contribution in [2.75, 3.05) is 6.61 Å². The van der Waals surface area contributed by atoms with Gasteiger partial charge in [-0.3, -0.25) is 4.79 Å². The molecule has 5 rings (SSSR count). The van der Waals surface area contributed by atoms with Crippen molar-refractivity contribution in [3.8, 4) is 28.4 Å². The van der Waals surface area contributed by atoms with Crippen LogP contribution in [0.15, 0.2) is 54.6 Å². The molecule has 0 saturated heterocycles. The summed E-state index contributed by atoms with van der Waals surface area (Å²) in [6.45, 7) is 11.3. The maximum Gasteiger partial charge on any atom is 0.304 e. The minimum absolute atomic E-state index is 0.0639. The van der Waals surface area contributed by atoms with Gasteiger partial charge in [-0.05, 0) is 118 Å². The maximum absolute atomic E-state index is 11.1. The van der Waals surface area contributed by atoms with Crippen molar-refractivity contribution in [2.24, 2.45) is 5.92 Å². The Morgan fingerprint density at radius 1 is 1.02 bits per heavy atom. The molecule has 0 aromatic heterocycles. The summed E-state index contributed by atoms with van der Waals surface area (Å²) in [6, 6.07) is 18.3. The molecule has 1 fully saturated rings. The molecule has 218 valence electrons. The highest BCUT2D eigenvalue weighted by molar-refractivity contribution is 5.72. The van der Waals surface area contributed by atoms with Gasteiger partial charge in [0.1, 0.15) is 29.5 Å². The summed E-state index contributed by atoms with van der Waals surface area (Å²) in [5.41, 5.74) is 5.77. The van der Waals surface area contributed by atoms with E-state index in [0.29, 0.717) is 30.6 Å². The number of fused-ring (bicyclic) bond motifs is 1. The molecule has 6 heteroatoms. The van der Waals surface area contributed by atoms with E-state index in [2.05, 4.69) is 64.1 Å². The molecule has 0 spiro atoms. The largest absolute Gasteiger partial charge is 0.492 e. The zero-order valence-electron chi connectivity index (χ0n) is 24.8. The monoisotopic (exact) mass is 558 g/mol. The fraction of sp³-hybridized carbons (Fsp3) is 0.457. The van der Waals surface area contributed by atoms with Gasteiger partial charge in [0.15, 0.2) is 0 Å². The lowest BCUT2D eigenvalue weighted by Crippen LogP contribution is -2.43. The molecule has 41 heavy (non-hydrogen) atoms. The highest BCUT2D eigenvalue weighted by atomic mass is 16.5. The molecular weight excluding hydrogens is 516 g/mol. The zero-order valence-corrected chi connectivity index (χ0v) is 24.8. The van der Waals surface area contributed by atoms with Crippen LogP contribution in [-0.2, 0) is 11.4 Å². The van der Waals surface area contributed by atoms with Gasteiger partial charge in [-0.15, -0.1) is 0 Å². The summed E-state index contributed by atoms with van der Waals surface area (Å²) in [5, 5.41) is 19.5. The summed E-state index contributed by atoms with van der Waals surface area (Å²) in [5.74, 6) is 1.75. The molecule has 2 N–H and O–H groups in total. The molecule has 1 atom stereocenters. The molecule has 0 bridgehead atoms. The lowest BCUT2D eigenvalue weighted by Gasteiger charge is -2.41. The molecule has 3 aromatic rings. The van der Waals surface area contributed by atoms with Crippen LogP contribution in [0.5, 0.6) is 17.2 Å². The van der Waals surface area contributed by atoms with Crippen molar-refractivity contribution in [3.05, 3.63) is 76.9 Å². The van der Waals surface area contributed by atoms with Crippen LogP contribution < -0.4 is 14.2 Å². The molecule has 2 aliphatic rings. The lowest BCUT2D eigenvalue weighted by molar-refractivity contribution is -0.137. The van der Waals surface area contributed by atoms with Crippen LogP contribution in [0, 0.1) is 19.8 Å². The van der Waals surface area contributed by atoms with Crippen molar-refractivity contribution < 1.29 is 29.2 Å². The number of benzene rings is 3. The topological polar surface area (TPSA) is 85.2 Å². The quantitative estimate of drug-likeness (QED) is 0.281. The van der Waals surface area contributed by atoms with Gasteiger partial charge >= 0.3 is 5.97 Å². The first kappa shape index (κ1) is 29.0. The summed E-state index contributed by atoms with van der Waals surface area (Å²) in [6.07, 6.45) is 3.63. The van der Waals surface area contributed by atoms with Gasteiger partial charge in [0.2, 0.25) is 0 Å². The van der Waals surface area contributed by atoms with Crippen LogP contribution in [0.3, 0.4) is 0 Å².